The van der Waals surface area contributed by atoms with E-state index in [-0.39, 0.29) is 0 Å². The van der Waals surface area contributed by atoms with Crippen LogP contribution in [0.15, 0.2) is 24.3 Å². The average Bonchev–Trinajstić information content (AvgIpc) is 2.67. The predicted octanol–water partition coefficient (Wildman–Crippen LogP) is 4.92. The van der Waals surface area contributed by atoms with E-state index in [0.29, 0.717) is 12.1 Å². The Kier molecular flexibility index (Phi) is 6.08. The fourth-order valence-electron chi connectivity index (χ4n) is 3.95. The van der Waals surface area contributed by atoms with E-state index in [0.717, 1.165) is 59.3 Å². The maximum atomic E-state index is 12.1. The van der Waals surface area contributed by atoms with Gasteiger partial charge in [0.2, 0.25) is 6.41 Å². The zero-order chi connectivity index (χ0) is 21.2. The Bertz CT molecular complexity index is 927. The Balaban J connectivity index is 2.23. The minimum absolute atomic E-state index is 0.499. The molecule has 0 aliphatic carbocycles. The van der Waals surface area contributed by atoms with Crippen molar-refractivity contribution in [3.63, 3.8) is 0 Å². The lowest BCUT2D eigenvalue weighted by molar-refractivity contribution is -0.128. The Morgan fingerprint density at radius 2 is 1.93 bits per heavy atom. The molecule has 1 aliphatic heterocycles. The van der Waals surface area contributed by atoms with Crippen molar-refractivity contribution in [1.29, 1.82) is 0 Å². The van der Waals surface area contributed by atoms with E-state index >= 15 is 0 Å². The minimum atomic E-state index is -0.746. The van der Waals surface area contributed by atoms with Gasteiger partial charge in [0.15, 0.2) is 6.29 Å². The van der Waals surface area contributed by atoms with Crippen molar-refractivity contribution in [3.8, 4) is 16.9 Å². The number of hydrogen-bond donors (Lipinski definition) is 1. The van der Waals surface area contributed by atoms with Gasteiger partial charge in [-0.15, -0.1) is 0 Å². The molecule has 29 heavy (non-hydrogen) atoms. The zero-order valence-corrected chi connectivity index (χ0v) is 17.8. The van der Waals surface area contributed by atoms with Gasteiger partial charge in [0.1, 0.15) is 11.9 Å². The number of aryl methyl sites for hydroxylation is 2. The fourth-order valence-corrected chi connectivity index (χ4v) is 3.95. The number of fused-ring (bicyclic) bond motifs is 1. The predicted molar refractivity (Wildman–Crippen MR) is 114 cm³/mol. The molecule has 0 saturated carbocycles. The molecule has 0 spiro atoms. The van der Waals surface area contributed by atoms with E-state index in [9.17, 15) is 9.59 Å². The number of carbonyl (C=O) groups is 2. The second-order valence-corrected chi connectivity index (χ2v) is 8.48. The Labute approximate surface area is 172 Å². The van der Waals surface area contributed by atoms with Crippen LogP contribution < -0.4 is 10.1 Å². The summed E-state index contributed by atoms with van der Waals surface area (Å²) in [6, 6.07) is 8.12. The fraction of sp³-hybridized carbons (Fsp3) is 0.417. The monoisotopic (exact) mass is 395 g/mol. The number of aldehydes is 1. The van der Waals surface area contributed by atoms with E-state index in [1.807, 2.05) is 52.8 Å². The van der Waals surface area contributed by atoms with Crippen LogP contribution in [0.25, 0.3) is 11.1 Å². The molecule has 0 fully saturated rings. The number of carbonyl (C=O) groups excluding carboxylic acids is 2. The Morgan fingerprint density at radius 1 is 1.17 bits per heavy atom. The second-order valence-electron chi connectivity index (χ2n) is 8.48. The molecule has 154 valence electrons. The third-order valence-electron chi connectivity index (χ3n) is 5.13. The molecule has 0 aromatic heterocycles. The van der Waals surface area contributed by atoms with Gasteiger partial charge >= 0.3 is 0 Å². The molecule has 0 saturated heterocycles. The van der Waals surface area contributed by atoms with Gasteiger partial charge in [-0.05, 0) is 93.5 Å². The van der Waals surface area contributed by atoms with Gasteiger partial charge in [0, 0.05) is 11.3 Å². The quantitative estimate of drug-likeness (QED) is 0.705. The minimum Gasteiger partial charge on any atom is -0.493 e. The third kappa shape index (κ3) is 4.51. The van der Waals surface area contributed by atoms with E-state index < -0.39 is 11.7 Å². The van der Waals surface area contributed by atoms with Crippen molar-refractivity contribution >= 4 is 18.4 Å². The van der Waals surface area contributed by atoms with Gasteiger partial charge in [-0.1, -0.05) is 6.07 Å². The molecule has 5 nitrogen and oxygen atoms in total. The number of amides is 1. The summed E-state index contributed by atoms with van der Waals surface area (Å²) < 4.78 is 11.9. The Hall–Kier alpha value is -2.66. The molecule has 0 bridgehead atoms. The van der Waals surface area contributed by atoms with Crippen LogP contribution in [0.3, 0.4) is 0 Å². The molecule has 1 N–H and O–H groups in total. The molecule has 2 aromatic rings. The van der Waals surface area contributed by atoms with Crippen LogP contribution in [0.5, 0.6) is 5.75 Å². The molecular formula is C24H29NO4. The lowest BCUT2D eigenvalue weighted by atomic mass is 9.86. The number of nitrogens with one attached hydrogen (secondary N) is 1. The van der Waals surface area contributed by atoms with Gasteiger partial charge < -0.3 is 19.6 Å². The molecule has 0 radical (unpaired) electrons. The van der Waals surface area contributed by atoms with Gasteiger partial charge in [-0.3, -0.25) is 4.79 Å². The van der Waals surface area contributed by atoms with Crippen molar-refractivity contribution < 1.29 is 19.1 Å². The largest absolute Gasteiger partial charge is 0.493 e. The summed E-state index contributed by atoms with van der Waals surface area (Å²) in [6.45, 7) is 10.4. The van der Waals surface area contributed by atoms with Gasteiger partial charge in [-0.25, -0.2) is 0 Å². The topological polar surface area (TPSA) is 64.6 Å². The van der Waals surface area contributed by atoms with Crippen LogP contribution in [0.4, 0.5) is 5.69 Å². The van der Waals surface area contributed by atoms with Crippen molar-refractivity contribution in [1.82, 2.24) is 0 Å². The summed E-state index contributed by atoms with van der Waals surface area (Å²) in [5.41, 5.74) is 5.93. The van der Waals surface area contributed by atoms with Gasteiger partial charge in [-0.2, -0.15) is 0 Å². The van der Waals surface area contributed by atoms with E-state index in [4.69, 9.17) is 9.47 Å². The van der Waals surface area contributed by atoms with Crippen LogP contribution >= 0.6 is 0 Å². The summed E-state index contributed by atoms with van der Waals surface area (Å²) in [7, 11) is 0. The second kappa shape index (κ2) is 8.37. The molecule has 1 unspecified atom stereocenters. The van der Waals surface area contributed by atoms with Crippen LogP contribution in [-0.2, 0) is 20.7 Å². The first-order valence-corrected chi connectivity index (χ1v) is 9.98. The molecular weight excluding hydrogens is 366 g/mol. The van der Waals surface area contributed by atoms with Crippen LogP contribution in [0.1, 0.15) is 55.5 Å². The molecule has 1 amide bonds. The third-order valence-corrected chi connectivity index (χ3v) is 5.13. The molecule has 1 aliphatic rings. The maximum absolute atomic E-state index is 12.1. The average molecular weight is 395 g/mol. The van der Waals surface area contributed by atoms with Crippen molar-refractivity contribution in [2.24, 2.45) is 0 Å². The van der Waals surface area contributed by atoms with Crippen molar-refractivity contribution in [2.45, 2.75) is 59.2 Å². The number of anilines is 1. The highest BCUT2D eigenvalue weighted by Gasteiger charge is 2.27. The molecule has 3 rings (SSSR count). The number of rotatable bonds is 6. The summed E-state index contributed by atoms with van der Waals surface area (Å²) in [5, 5.41) is 2.76. The Morgan fingerprint density at radius 3 is 2.59 bits per heavy atom. The van der Waals surface area contributed by atoms with Crippen LogP contribution in [-0.4, -0.2) is 24.9 Å². The van der Waals surface area contributed by atoms with Crippen molar-refractivity contribution in [2.75, 3.05) is 11.9 Å². The van der Waals surface area contributed by atoms with Gasteiger partial charge in [0.05, 0.1) is 12.2 Å². The molecule has 5 heteroatoms. The lowest BCUT2D eigenvalue weighted by Crippen LogP contribution is -2.24. The summed E-state index contributed by atoms with van der Waals surface area (Å²) in [5.74, 6) is 0.924. The highest BCUT2D eigenvalue weighted by molar-refractivity contribution is 5.84. The van der Waals surface area contributed by atoms with E-state index in [2.05, 4.69) is 11.4 Å². The molecule has 2 aromatic carbocycles. The SMILES string of the molecule is Cc1cc(NC=O)c(C)c(C(C=O)OC(C)(C)C)c1-c1ccc2c(c1)CCCO2. The normalized spacial score (nSPS) is 14.5. The van der Waals surface area contributed by atoms with Crippen LogP contribution in [0.2, 0.25) is 0 Å². The summed E-state index contributed by atoms with van der Waals surface area (Å²) in [6.07, 6.45) is 2.71. The highest BCUT2D eigenvalue weighted by atomic mass is 16.5. The standard InChI is InChI=1S/C24H29NO4/c1-15-11-19(25-14-27)16(2)23(21(13-26)29-24(3,4)5)22(15)18-8-9-20-17(12-18)7-6-10-28-20/h8-9,11-14,21H,6-7,10H2,1-5H3,(H,25,27). The first-order valence-electron chi connectivity index (χ1n) is 9.98. The number of benzene rings is 2. The zero-order valence-electron chi connectivity index (χ0n) is 17.8. The first-order chi connectivity index (χ1) is 13.7. The van der Waals surface area contributed by atoms with E-state index in [1.54, 1.807) is 0 Å². The van der Waals surface area contributed by atoms with Crippen LogP contribution in [0, 0.1) is 13.8 Å². The van der Waals surface area contributed by atoms with Gasteiger partial charge in [0.25, 0.3) is 0 Å². The smallest absolute Gasteiger partial charge is 0.211 e. The maximum Gasteiger partial charge on any atom is 0.211 e. The number of ether oxygens (including phenoxy) is 2. The highest BCUT2D eigenvalue weighted by Crippen LogP contribution is 2.41. The number of hydrogen-bond acceptors (Lipinski definition) is 4. The summed E-state index contributed by atoms with van der Waals surface area (Å²) >= 11 is 0. The van der Waals surface area contributed by atoms with E-state index in [1.165, 1.54) is 5.56 Å². The van der Waals surface area contributed by atoms with Crippen molar-refractivity contribution in [3.05, 3.63) is 46.5 Å². The summed E-state index contributed by atoms with van der Waals surface area (Å²) in [4.78, 5) is 23.2. The molecule has 1 atom stereocenters. The first kappa shape index (κ1) is 21.1. The lowest BCUT2D eigenvalue weighted by Gasteiger charge is -2.29. The molecule has 1 heterocycles.